The van der Waals surface area contributed by atoms with Crippen molar-refractivity contribution < 1.29 is 113 Å². The van der Waals surface area contributed by atoms with E-state index in [1.54, 1.807) is 6.92 Å². The molecule has 0 aliphatic carbocycles. The largest absolute Gasteiger partial charge is 0.394 e. The van der Waals surface area contributed by atoms with Crippen molar-refractivity contribution in [2.24, 2.45) is 0 Å². The molecule has 0 saturated carbocycles. The van der Waals surface area contributed by atoms with Crippen LogP contribution < -0.4 is 31.9 Å². The Morgan fingerprint density at radius 2 is 0.824 bits per heavy atom. The Balaban J connectivity index is 0.0000122. The smallest absolute Gasteiger partial charge is 0.243 e. The zero-order valence-electron chi connectivity index (χ0n) is 49.6. The molecule has 0 unspecified atom stereocenters. The maximum absolute atomic E-state index is 13.9. The molecule has 0 aromatic rings. The van der Waals surface area contributed by atoms with Crippen LogP contribution in [0.5, 0.6) is 0 Å². The molecule has 0 aromatic carbocycles. The molecule has 3 rings (SSSR count). The summed E-state index contributed by atoms with van der Waals surface area (Å²) in [6.07, 6.45) is -9.98. The van der Waals surface area contributed by atoms with Crippen LogP contribution in [-0.2, 0) is 66.8 Å². The molecule has 0 bridgehead atoms. The minimum absolute atomic E-state index is 0.00223. The Morgan fingerprint density at radius 3 is 1.21 bits per heavy atom. The van der Waals surface area contributed by atoms with E-state index in [0.29, 0.717) is 64.2 Å². The van der Waals surface area contributed by atoms with Crippen LogP contribution in [0, 0.1) is 0 Å². The minimum Gasteiger partial charge on any atom is -0.394 e. The Labute approximate surface area is 497 Å². The summed E-state index contributed by atoms with van der Waals surface area (Å²) in [5.74, 6) is -3.03. The van der Waals surface area contributed by atoms with E-state index in [-0.39, 0.29) is 95.2 Å². The SMILES string of the molecule is C=C.CCC(=O)[C@H](CCCCNC(=O)CCCCO[C@@H]1O[C@H](CO)[C@H](O)[C@H](O)[C@H]1NC(C)=O)NC(=O)[C@H](CCCCCC(=O)CCCCO[C@@H]1O[C@H](CO)[C@H](O)[C@H](O)[C@H]1NC(C)=O)NC(=O)CCCCO[C@@H]1O[C@H](CO)[C@H](O)[C@H](O)[C@H]1NC(C)=O. The second-order valence-corrected chi connectivity index (χ2v) is 21.3. The number of Topliss-reactive ketones (excluding diaryl/α,β-unsaturated/α-hetero) is 2. The molecule has 0 spiro atoms. The standard InChI is InChI=1S/C54H94N6O23.C2H4/c1-5-36(68)34(19-9-13-23-55-40(69)21-11-15-25-79-53-43(57-31(3)65)49(75)46(72)38(28-62)82-53)60-51(77)35(59-41(70)22-12-16-26-80-54-44(58-32(4)66)50(76)47(73)39(29-63)83-54)20-8-6-7-17-33(67)18-10-14-24-78-52-42(56-30(2)64)48(74)45(71)37(27-61)81-52;1-2/h34-35,37-39,42-50,52-54,61-63,71-76H,5-29H2,1-4H3,(H,55,69)(H,56,64)(H,57,65)(H,58,66)(H,59,70)(H,60,77);1-2H2/t34-,35-,37+,38+,39+,42+,43+,44+,45-,46-,47-,48+,49+,50+,52+,53+,54+;/m0./s1. The summed E-state index contributed by atoms with van der Waals surface area (Å²) in [6.45, 7) is 10.00. The zero-order chi connectivity index (χ0) is 63.6. The molecule has 29 heteroatoms. The molecule has 0 aromatic heterocycles. The summed E-state index contributed by atoms with van der Waals surface area (Å²) >= 11 is 0. The molecular weight excluding hydrogens is 1120 g/mol. The maximum atomic E-state index is 13.9. The number of rotatable bonds is 40. The highest BCUT2D eigenvalue weighted by molar-refractivity contribution is 5.92. The fourth-order valence-corrected chi connectivity index (χ4v) is 9.77. The molecule has 3 heterocycles. The number of aliphatic hydroxyl groups excluding tert-OH is 9. The average Bonchev–Trinajstić information content (AvgIpc) is 2.72. The number of unbranched alkanes of at least 4 members (excludes halogenated alkanes) is 6. The number of hydrogen-bond acceptors (Lipinski definition) is 23. The topological polar surface area (TPSA) is 446 Å². The van der Waals surface area contributed by atoms with Gasteiger partial charge in [-0.05, 0) is 70.6 Å². The van der Waals surface area contributed by atoms with E-state index in [0.717, 1.165) is 0 Å². The van der Waals surface area contributed by atoms with Crippen molar-refractivity contribution in [3.8, 4) is 0 Å². The van der Waals surface area contributed by atoms with Gasteiger partial charge in [0.15, 0.2) is 24.7 Å². The van der Waals surface area contributed by atoms with Crippen LogP contribution in [0.15, 0.2) is 13.2 Å². The molecule has 3 saturated heterocycles. The number of carbonyl (C=O) groups is 8. The highest BCUT2D eigenvalue weighted by Crippen LogP contribution is 2.26. The summed E-state index contributed by atoms with van der Waals surface area (Å²) in [4.78, 5) is 101. The molecule has 3 aliphatic heterocycles. The molecular formula is C56H98N6O23. The van der Waals surface area contributed by atoms with Crippen molar-refractivity contribution in [3.63, 3.8) is 0 Å². The molecule has 17 atom stereocenters. The van der Waals surface area contributed by atoms with Gasteiger partial charge in [-0.15, -0.1) is 13.2 Å². The molecule has 3 fully saturated rings. The number of amides is 6. The average molecular weight is 1220 g/mol. The van der Waals surface area contributed by atoms with Gasteiger partial charge in [0.05, 0.1) is 25.9 Å². The molecule has 15 N–H and O–H groups in total. The van der Waals surface area contributed by atoms with Gasteiger partial charge in [-0.2, -0.15) is 0 Å². The van der Waals surface area contributed by atoms with Crippen molar-refractivity contribution >= 4 is 47.0 Å². The first-order valence-corrected chi connectivity index (χ1v) is 29.5. The first-order valence-electron chi connectivity index (χ1n) is 29.5. The molecule has 85 heavy (non-hydrogen) atoms. The number of nitrogens with one attached hydrogen (secondary N) is 6. The van der Waals surface area contributed by atoms with Crippen LogP contribution in [0.25, 0.3) is 0 Å². The fourth-order valence-electron chi connectivity index (χ4n) is 9.77. The van der Waals surface area contributed by atoms with Gasteiger partial charge in [-0.3, -0.25) is 38.4 Å². The van der Waals surface area contributed by atoms with Crippen molar-refractivity contribution in [2.45, 2.75) is 247 Å². The van der Waals surface area contributed by atoms with Gasteiger partial charge in [0.25, 0.3) is 0 Å². The number of aliphatic hydroxyl groups is 9. The zero-order valence-corrected chi connectivity index (χ0v) is 49.6. The Hall–Kier alpha value is -4.70. The predicted molar refractivity (Wildman–Crippen MR) is 301 cm³/mol. The van der Waals surface area contributed by atoms with Crippen LogP contribution in [0.1, 0.15) is 143 Å². The highest BCUT2D eigenvalue weighted by Gasteiger charge is 2.48. The third-order valence-corrected chi connectivity index (χ3v) is 14.4. The quantitative estimate of drug-likeness (QED) is 0.0214. The highest BCUT2D eigenvalue weighted by atomic mass is 16.7. The van der Waals surface area contributed by atoms with Crippen LogP contribution in [-0.4, -0.2) is 243 Å². The first kappa shape index (κ1) is 76.4. The van der Waals surface area contributed by atoms with Gasteiger partial charge in [0, 0.05) is 79.2 Å². The van der Waals surface area contributed by atoms with Crippen molar-refractivity contribution in [3.05, 3.63) is 13.2 Å². The summed E-state index contributed by atoms with van der Waals surface area (Å²) in [6, 6.07) is -5.25. The predicted octanol–water partition coefficient (Wildman–Crippen LogP) is -3.06. The van der Waals surface area contributed by atoms with Gasteiger partial charge in [0.1, 0.15) is 84.9 Å². The normalized spacial score (nSPS) is 28.1. The van der Waals surface area contributed by atoms with Crippen molar-refractivity contribution in [1.29, 1.82) is 0 Å². The second kappa shape index (κ2) is 42.2. The van der Waals surface area contributed by atoms with Crippen LogP contribution in [0.2, 0.25) is 0 Å². The van der Waals surface area contributed by atoms with E-state index < -0.39 is 153 Å². The van der Waals surface area contributed by atoms with Gasteiger partial charge in [0.2, 0.25) is 35.4 Å². The lowest BCUT2D eigenvalue weighted by atomic mass is 9.97. The van der Waals surface area contributed by atoms with Crippen molar-refractivity contribution in [2.75, 3.05) is 46.2 Å². The Morgan fingerprint density at radius 1 is 0.459 bits per heavy atom. The van der Waals surface area contributed by atoms with Crippen molar-refractivity contribution in [1.82, 2.24) is 31.9 Å². The van der Waals surface area contributed by atoms with Gasteiger partial charge < -0.3 is 106 Å². The lowest BCUT2D eigenvalue weighted by molar-refractivity contribution is -0.270. The number of ether oxygens (including phenoxy) is 6. The number of hydrogen-bond donors (Lipinski definition) is 15. The van der Waals surface area contributed by atoms with Gasteiger partial charge in [-0.1, -0.05) is 19.8 Å². The third-order valence-electron chi connectivity index (χ3n) is 14.4. The lowest BCUT2D eigenvalue weighted by Gasteiger charge is -2.42. The molecule has 490 valence electrons. The summed E-state index contributed by atoms with van der Waals surface area (Å²) < 4.78 is 33.9. The molecule has 0 radical (unpaired) electrons. The van der Waals surface area contributed by atoms with E-state index in [2.05, 4.69) is 45.1 Å². The summed E-state index contributed by atoms with van der Waals surface area (Å²) in [5.41, 5.74) is 0. The summed E-state index contributed by atoms with van der Waals surface area (Å²) in [7, 11) is 0. The van der Waals surface area contributed by atoms with E-state index in [1.165, 1.54) is 20.8 Å². The van der Waals surface area contributed by atoms with E-state index in [1.807, 2.05) is 0 Å². The molecule has 29 nitrogen and oxygen atoms in total. The Kier molecular flexibility index (Phi) is 38.0. The van der Waals surface area contributed by atoms with E-state index >= 15 is 0 Å². The number of carbonyl (C=O) groups excluding carboxylic acids is 8. The van der Waals surface area contributed by atoms with Crippen LogP contribution in [0.3, 0.4) is 0 Å². The van der Waals surface area contributed by atoms with E-state index in [9.17, 15) is 84.3 Å². The summed E-state index contributed by atoms with van der Waals surface area (Å²) in [5, 5.41) is 107. The molecule has 3 aliphatic rings. The van der Waals surface area contributed by atoms with Crippen LogP contribution >= 0.6 is 0 Å². The van der Waals surface area contributed by atoms with Gasteiger partial charge in [-0.25, -0.2) is 0 Å². The first-order chi connectivity index (χ1) is 40.6. The van der Waals surface area contributed by atoms with E-state index in [4.69, 9.17) is 28.4 Å². The Bertz CT molecular complexity index is 2010. The van der Waals surface area contributed by atoms with Gasteiger partial charge >= 0.3 is 0 Å². The fraction of sp³-hybridized carbons (Fsp3) is 0.821. The third kappa shape index (κ3) is 27.5. The minimum atomic E-state index is -1.50. The van der Waals surface area contributed by atoms with Crippen LogP contribution in [0.4, 0.5) is 0 Å². The second-order valence-electron chi connectivity index (χ2n) is 21.3. The lowest BCUT2D eigenvalue weighted by Crippen LogP contribution is -2.64. The maximum Gasteiger partial charge on any atom is 0.243 e. The molecule has 6 amide bonds. The number of ketones is 2. The monoisotopic (exact) mass is 1220 g/mol.